The zero-order chi connectivity index (χ0) is 15.8. The molecule has 0 radical (unpaired) electrons. The maximum atomic E-state index is 5.29. The highest BCUT2D eigenvalue weighted by atomic mass is 32.2. The molecule has 118 valence electrons. The molecule has 5 heteroatoms. The summed E-state index contributed by atoms with van der Waals surface area (Å²) in [7, 11) is 1.70. The lowest BCUT2D eigenvalue weighted by atomic mass is 9.96. The molecule has 0 aliphatic carbocycles. The predicted molar refractivity (Wildman–Crippen MR) is 93.9 cm³/mol. The van der Waals surface area contributed by atoms with Crippen LogP contribution >= 0.6 is 11.8 Å². The number of amidine groups is 1. The average Bonchev–Trinajstić information content (AvgIpc) is 3.11. The summed E-state index contributed by atoms with van der Waals surface area (Å²) in [6.45, 7) is 3.29. The van der Waals surface area contributed by atoms with Crippen LogP contribution in [0, 0.1) is 0 Å². The molecule has 0 N–H and O–H groups in total. The summed E-state index contributed by atoms with van der Waals surface area (Å²) in [5.74, 6) is 0.881. The predicted octanol–water partition coefficient (Wildman–Crippen LogP) is 3.68. The van der Waals surface area contributed by atoms with Crippen LogP contribution < -0.4 is 4.74 Å². The monoisotopic (exact) mass is 325 g/mol. The van der Waals surface area contributed by atoms with Crippen LogP contribution in [-0.4, -0.2) is 34.0 Å². The quantitative estimate of drug-likeness (QED) is 0.863. The molecule has 3 unspecified atom stereocenters. The van der Waals surface area contributed by atoms with Gasteiger partial charge in [-0.3, -0.25) is 9.98 Å². The van der Waals surface area contributed by atoms with Crippen molar-refractivity contribution in [3.05, 3.63) is 59.9 Å². The second-order valence-corrected chi connectivity index (χ2v) is 7.32. The molecule has 1 saturated heterocycles. The normalized spacial score (nSPS) is 26.1. The van der Waals surface area contributed by atoms with Gasteiger partial charge in [0.2, 0.25) is 0 Å². The first-order valence-corrected chi connectivity index (χ1v) is 8.70. The molecule has 1 fully saturated rings. The number of methoxy groups -OCH3 is 1. The number of pyridine rings is 1. The Bertz CT molecular complexity index is 717. The van der Waals surface area contributed by atoms with Gasteiger partial charge in [-0.25, -0.2) is 0 Å². The van der Waals surface area contributed by atoms with Gasteiger partial charge in [0.05, 0.1) is 18.8 Å². The maximum absolute atomic E-state index is 5.29. The van der Waals surface area contributed by atoms with Crippen LogP contribution in [0.5, 0.6) is 5.75 Å². The molecule has 3 atom stereocenters. The second-order valence-electron chi connectivity index (χ2n) is 5.91. The molecule has 1 aromatic carbocycles. The van der Waals surface area contributed by atoms with Gasteiger partial charge in [0.1, 0.15) is 11.8 Å². The van der Waals surface area contributed by atoms with Crippen LogP contribution in [0.25, 0.3) is 0 Å². The molecule has 0 bridgehead atoms. The second kappa shape index (κ2) is 5.89. The summed E-state index contributed by atoms with van der Waals surface area (Å²) < 4.78 is 5.29. The van der Waals surface area contributed by atoms with E-state index in [0.717, 1.165) is 23.2 Å². The Labute approximate surface area is 140 Å². The van der Waals surface area contributed by atoms with E-state index in [2.05, 4.69) is 35.0 Å². The number of thioether (sulfide) groups is 1. The highest BCUT2D eigenvalue weighted by Gasteiger charge is 2.43. The highest BCUT2D eigenvalue weighted by Crippen LogP contribution is 2.47. The molecule has 2 aromatic rings. The lowest BCUT2D eigenvalue weighted by molar-refractivity contribution is 0.321. The van der Waals surface area contributed by atoms with E-state index in [9.17, 15) is 0 Å². The third-order valence-electron chi connectivity index (χ3n) is 4.34. The highest BCUT2D eigenvalue weighted by molar-refractivity contribution is 8.14. The first-order valence-electron chi connectivity index (χ1n) is 7.82. The minimum atomic E-state index is 0.0552. The van der Waals surface area contributed by atoms with E-state index in [0.29, 0.717) is 5.25 Å². The Balaban J connectivity index is 1.74. The van der Waals surface area contributed by atoms with E-state index in [1.165, 1.54) is 5.56 Å². The fourth-order valence-electron chi connectivity index (χ4n) is 3.28. The van der Waals surface area contributed by atoms with Crippen LogP contribution in [0.1, 0.15) is 30.3 Å². The average molecular weight is 325 g/mol. The molecule has 3 heterocycles. The SMILES string of the molecule is COc1ccc(C2C(c3ccccn3)N=C3SC(C)CN32)cc1. The number of hydrogen-bond acceptors (Lipinski definition) is 5. The maximum Gasteiger partial charge on any atom is 0.160 e. The molecule has 2 aliphatic heterocycles. The Hall–Kier alpha value is -2.01. The number of ether oxygens (including phenoxy) is 1. The third-order valence-corrected chi connectivity index (χ3v) is 5.44. The van der Waals surface area contributed by atoms with Crippen molar-refractivity contribution in [2.45, 2.75) is 24.3 Å². The van der Waals surface area contributed by atoms with E-state index >= 15 is 0 Å². The van der Waals surface area contributed by atoms with Crippen LogP contribution in [0.15, 0.2) is 53.7 Å². The summed E-state index contributed by atoms with van der Waals surface area (Å²) >= 11 is 1.86. The lowest BCUT2D eigenvalue weighted by Crippen LogP contribution is -2.28. The number of aliphatic imine (C=N–C) groups is 1. The molecular formula is C18H19N3OS. The standard InChI is InChI=1S/C18H19N3OS/c1-12-11-21-17(13-6-8-14(22-2)9-7-13)16(20-18(21)23-12)15-5-3-4-10-19-15/h3-10,12,16-17H,11H2,1-2H3. The van der Waals surface area contributed by atoms with Crippen molar-refractivity contribution < 1.29 is 4.74 Å². The van der Waals surface area contributed by atoms with Gasteiger partial charge < -0.3 is 9.64 Å². The van der Waals surface area contributed by atoms with E-state index in [1.54, 1.807) is 7.11 Å². The Kier molecular flexibility index (Phi) is 3.73. The molecule has 4 nitrogen and oxygen atoms in total. The number of aromatic nitrogens is 1. The smallest absolute Gasteiger partial charge is 0.160 e. The van der Waals surface area contributed by atoms with Crippen molar-refractivity contribution in [1.82, 2.24) is 9.88 Å². The number of rotatable bonds is 3. The van der Waals surface area contributed by atoms with Gasteiger partial charge in [0, 0.05) is 18.0 Å². The number of benzene rings is 1. The zero-order valence-electron chi connectivity index (χ0n) is 13.2. The molecule has 23 heavy (non-hydrogen) atoms. The van der Waals surface area contributed by atoms with E-state index < -0.39 is 0 Å². The molecule has 1 aromatic heterocycles. The summed E-state index contributed by atoms with van der Waals surface area (Å²) in [5, 5.41) is 1.73. The van der Waals surface area contributed by atoms with Crippen molar-refractivity contribution >= 4 is 16.9 Å². The van der Waals surface area contributed by atoms with Gasteiger partial charge in [-0.2, -0.15) is 0 Å². The summed E-state index contributed by atoms with van der Waals surface area (Å²) in [5.41, 5.74) is 2.29. The fourth-order valence-corrected chi connectivity index (χ4v) is 4.37. The van der Waals surface area contributed by atoms with Crippen molar-refractivity contribution in [3.63, 3.8) is 0 Å². The van der Waals surface area contributed by atoms with Crippen molar-refractivity contribution in [2.24, 2.45) is 4.99 Å². The minimum Gasteiger partial charge on any atom is -0.497 e. The van der Waals surface area contributed by atoms with Gasteiger partial charge in [-0.05, 0) is 29.8 Å². The van der Waals surface area contributed by atoms with Crippen LogP contribution in [0.2, 0.25) is 0 Å². The van der Waals surface area contributed by atoms with E-state index in [4.69, 9.17) is 9.73 Å². The fraction of sp³-hybridized carbons (Fsp3) is 0.333. The van der Waals surface area contributed by atoms with Crippen molar-refractivity contribution in [1.29, 1.82) is 0 Å². The van der Waals surface area contributed by atoms with E-state index in [-0.39, 0.29) is 12.1 Å². The molecule has 0 amide bonds. The molecule has 2 aliphatic rings. The van der Waals surface area contributed by atoms with E-state index in [1.807, 2.05) is 42.2 Å². The first kappa shape index (κ1) is 14.6. The molecular weight excluding hydrogens is 306 g/mol. The van der Waals surface area contributed by atoms with Crippen LogP contribution in [0.3, 0.4) is 0 Å². The number of nitrogens with zero attached hydrogens (tertiary/aromatic N) is 3. The Morgan fingerprint density at radius 2 is 2.00 bits per heavy atom. The largest absolute Gasteiger partial charge is 0.497 e. The Morgan fingerprint density at radius 3 is 2.70 bits per heavy atom. The Morgan fingerprint density at radius 1 is 1.17 bits per heavy atom. The summed E-state index contributed by atoms with van der Waals surface area (Å²) in [6, 6.07) is 14.7. The molecule has 4 rings (SSSR count). The van der Waals surface area contributed by atoms with Gasteiger partial charge in [-0.15, -0.1) is 0 Å². The van der Waals surface area contributed by atoms with Gasteiger partial charge in [-0.1, -0.05) is 36.9 Å². The molecule has 0 spiro atoms. The van der Waals surface area contributed by atoms with Gasteiger partial charge in [0.25, 0.3) is 0 Å². The zero-order valence-corrected chi connectivity index (χ0v) is 14.0. The topological polar surface area (TPSA) is 37.7 Å². The summed E-state index contributed by atoms with van der Waals surface area (Å²) in [4.78, 5) is 12.0. The lowest BCUT2D eigenvalue weighted by Gasteiger charge is -2.27. The first-order chi connectivity index (χ1) is 11.3. The van der Waals surface area contributed by atoms with Gasteiger partial charge in [0.15, 0.2) is 5.17 Å². The van der Waals surface area contributed by atoms with Crippen LogP contribution in [-0.2, 0) is 0 Å². The summed E-state index contributed by atoms with van der Waals surface area (Å²) in [6.07, 6.45) is 1.85. The van der Waals surface area contributed by atoms with Crippen molar-refractivity contribution in [3.8, 4) is 5.75 Å². The van der Waals surface area contributed by atoms with Crippen molar-refractivity contribution in [2.75, 3.05) is 13.7 Å². The number of hydrogen-bond donors (Lipinski definition) is 0. The van der Waals surface area contributed by atoms with Gasteiger partial charge >= 0.3 is 0 Å². The molecule has 0 saturated carbocycles. The van der Waals surface area contributed by atoms with Crippen LogP contribution in [0.4, 0.5) is 0 Å². The third kappa shape index (κ3) is 2.59. The number of fused-ring (bicyclic) bond motifs is 1. The minimum absolute atomic E-state index is 0.0552.